The lowest BCUT2D eigenvalue weighted by atomic mass is 9.94. The molecule has 1 aromatic carbocycles. The van der Waals surface area contributed by atoms with Crippen LogP contribution in [0.4, 0.5) is 4.39 Å². The van der Waals surface area contributed by atoms with Crippen molar-refractivity contribution in [1.82, 2.24) is 4.90 Å². The number of hydrogen-bond acceptors (Lipinski definition) is 4. The van der Waals surface area contributed by atoms with Gasteiger partial charge in [0.25, 0.3) is 10.0 Å². The van der Waals surface area contributed by atoms with Crippen LogP contribution in [0.2, 0.25) is 0 Å². The summed E-state index contributed by atoms with van der Waals surface area (Å²) in [5.41, 5.74) is 0. The topological polar surface area (TPSA) is 66.8 Å². The number of carbonyl (C=O) groups is 1. The molecule has 8 heteroatoms. The number of thioether (sulfide) groups is 1. The second kappa shape index (κ2) is 6.84. The minimum absolute atomic E-state index is 0.0193. The Bertz CT molecular complexity index is 756. The number of sulfonamides is 1. The lowest BCUT2D eigenvalue weighted by molar-refractivity contribution is -0.127. The summed E-state index contributed by atoms with van der Waals surface area (Å²) in [6.45, 7) is 1.76. The molecule has 1 aromatic rings. The number of rotatable bonds is 3. The van der Waals surface area contributed by atoms with Gasteiger partial charge in [0.15, 0.2) is 5.17 Å². The maximum Gasteiger partial charge on any atom is 0.284 e. The molecule has 0 spiro atoms. The summed E-state index contributed by atoms with van der Waals surface area (Å²) in [7, 11) is -3.97. The Morgan fingerprint density at radius 3 is 2.42 bits per heavy atom. The van der Waals surface area contributed by atoms with Crippen LogP contribution in [0.5, 0.6) is 0 Å². The van der Waals surface area contributed by atoms with Crippen LogP contribution in [-0.4, -0.2) is 35.7 Å². The number of nitrogens with zero attached hydrogens (tertiary/aromatic N) is 2. The highest BCUT2D eigenvalue weighted by atomic mass is 32.2. The van der Waals surface area contributed by atoms with E-state index < -0.39 is 15.8 Å². The Kier molecular flexibility index (Phi) is 4.96. The largest absolute Gasteiger partial charge is 0.287 e. The van der Waals surface area contributed by atoms with Crippen LogP contribution in [0.15, 0.2) is 33.6 Å². The van der Waals surface area contributed by atoms with E-state index in [2.05, 4.69) is 4.40 Å². The van der Waals surface area contributed by atoms with Gasteiger partial charge in [-0.3, -0.25) is 9.69 Å². The number of carbonyl (C=O) groups excluding carboxylic acids is 1. The van der Waals surface area contributed by atoms with E-state index in [1.54, 1.807) is 11.8 Å². The Hall–Kier alpha value is -1.41. The fourth-order valence-electron chi connectivity index (χ4n) is 3.06. The van der Waals surface area contributed by atoms with Crippen LogP contribution in [0.25, 0.3) is 0 Å². The lowest BCUT2D eigenvalue weighted by Gasteiger charge is -2.30. The van der Waals surface area contributed by atoms with Gasteiger partial charge >= 0.3 is 0 Å². The summed E-state index contributed by atoms with van der Waals surface area (Å²) in [5, 5.41) is -0.0992. The van der Waals surface area contributed by atoms with Crippen LogP contribution in [-0.2, 0) is 14.8 Å². The van der Waals surface area contributed by atoms with Crippen LogP contribution in [0.3, 0.4) is 0 Å². The molecular weight excluding hydrogens is 351 g/mol. The highest BCUT2D eigenvalue weighted by Crippen LogP contribution is 2.34. The zero-order valence-electron chi connectivity index (χ0n) is 13.3. The molecule has 1 unspecified atom stereocenters. The SMILES string of the molecule is CC1S/C(=N/S(=O)(=O)c2ccc(F)cc2)N(C2CCCCC2)C1=O. The van der Waals surface area contributed by atoms with Crippen LogP contribution in [0.1, 0.15) is 39.0 Å². The van der Waals surface area contributed by atoms with E-state index in [1.165, 1.54) is 23.9 Å². The predicted molar refractivity (Wildman–Crippen MR) is 91.8 cm³/mol. The summed E-state index contributed by atoms with van der Waals surface area (Å²) in [5.74, 6) is -0.593. The highest BCUT2D eigenvalue weighted by molar-refractivity contribution is 8.16. The van der Waals surface area contributed by atoms with E-state index in [4.69, 9.17) is 0 Å². The molecule has 24 heavy (non-hydrogen) atoms. The Morgan fingerprint density at radius 2 is 1.79 bits per heavy atom. The maximum absolute atomic E-state index is 13.0. The molecule has 0 bridgehead atoms. The average molecular weight is 370 g/mol. The van der Waals surface area contributed by atoms with E-state index in [9.17, 15) is 17.6 Å². The van der Waals surface area contributed by atoms with E-state index in [0.717, 1.165) is 44.2 Å². The zero-order chi connectivity index (χ0) is 17.3. The van der Waals surface area contributed by atoms with Crippen molar-refractivity contribution in [2.75, 3.05) is 0 Å². The smallest absolute Gasteiger partial charge is 0.284 e. The first-order chi connectivity index (χ1) is 11.4. The third-order valence-corrected chi connectivity index (χ3v) is 6.77. The van der Waals surface area contributed by atoms with Gasteiger partial charge < -0.3 is 0 Å². The predicted octanol–water partition coefficient (Wildman–Crippen LogP) is 3.17. The molecule has 130 valence electrons. The summed E-state index contributed by atoms with van der Waals surface area (Å²) >= 11 is 1.17. The van der Waals surface area contributed by atoms with Gasteiger partial charge in [-0.15, -0.1) is 4.40 Å². The van der Waals surface area contributed by atoms with Crippen molar-refractivity contribution in [3.05, 3.63) is 30.1 Å². The monoisotopic (exact) mass is 370 g/mol. The first-order valence-electron chi connectivity index (χ1n) is 7.99. The molecule has 1 atom stereocenters. The molecule has 1 saturated carbocycles. The van der Waals surface area contributed by atoms with Crippen molar-refractivity contribution in [3.63, 3.8) is 0 Å². The fourth-order valence-corrected chi connectivity index (χ4v) is 5.29. The van der Waals surface area contributed by atoms with Crippen LogP contribution in [0, 0.1) is 5.82 Å². The van der Waals surface area contributed by atoms with Crippen molar-refractivity contribution in [2.24, 2.45) is 4.40 Å². The van der Waals surface area contributed by atoms with Crippen LogP contribution >= 0.6 is 11.8 Å². The average Bonchev–Trinajstić information content (AvgIpc) is 2.82. The van der Waals surface area contributed by atoms with Gasteiger partial charge in [-0.2, -0.15) is 8.42 Å². The molecule has 2 aliphatic rings. The first kappa shape index (κ1) is 17.4. The minimum atomic E-state index is -3.97. The molecule has 1 saturated heterocycles. The molecule has 3 rings (SSSR count). The quantitative estimate of drug-likeness (QED) is 0.820. The number of amidine groups is 1. The van der Waals surface area contributed by atoms with Crippen molar-refractivity contribution in [2.45, 2.75) is 55.2 Å². The van der Waals surface area contributed by atoms with Gasteiger partial charge in [0.2, 0.25) is 5.91 Å². The van der Waals surface area contributed by atoms with E-state index >= 15 is 0 Å². The molecule has 1 heterocycles. The van der Waals surface area contributed by atoms with Crippen molar-refractivity contribution in [3.8, 4) is 0 Å². The van der Waals surface area contributed by atoms with Crippen molar-refractivity contribution in [1.29, 1.82) is 0 Å². The summed E-state index contributed by atoms with van der Waals surface area (Å²) < 4.78 is 41.9. The summed E-state index contributed by atoms with van der Waals surface area (Å²) in [6.07, 6.45) is 4.95. The molecule has 0 aromatic heterocycles. The number of benzene rings is 1. The number of amides is 1. The Morgan fingerprint density at radius 1 is 1.17 bits per heavy atom. The van der Waals surface area contributed by atoms with Gasteiger partial charge in [-0.05, 0) is 44.0 Å². The van der Waals surface area contributed by atoms with E-state index in [1.807, 2.05) is 0 Å². The standard InChI is InChI=1S/C16H19FN2O3S2/c1-11-15(20)19(13-5-3-2-4-6-13)16(23-11)18-24(21,22)14-9-7-12(17)8-10-14/h7-11,13H,2-6H2,1H3/b18-16+. The zero-order valence-corrected chi connectivity index (χ0v) is 14.9. The molecular formula is C16H19FN2O3S2. The molecule has 1 aliphatic heterocycles. The maximum atomic E-state index is 13.0. The summed E-state index contributed by atoms with van der Waals surface area (Å²) in [6, 6.07) is 4.56. The lowest BCUT2D eigenvalue weighted by Crippen LogP contribution is -2.42. The first-order valence-corrected chi connectivity index (χ1v) is 10.3. The fraction of sp³-hybridized carbons (Fsp3) is 0.500. The number of hydrogen-bond donors (Lipinski definition) is 0. The molecule has 0 N–H and O–H groups in total. The molecule has 2 fully saturated rings. The molecule has 0 radical (unpaired) electrons. The van der Waals surface area contributed by atoms with E-state index in [0.29, 0.717) is 0 Å². The molecule has 1 aliphatic carbocycles. The second-order valence-electron chi connectivity index (χ2n) is 6.06. The third kappa shape index (κ3) is 3.49. The summed E-state index contributed by atoms with van der Waals surface area (Å²) in [4.78, 5) is 14.0. The van der Waals surface area contributed by atoms with Crippen LogP contribution < -0.4 is 0 Å². The van der Waals surface area contributed by atoms with Gasteiger partial charge in [0.1, 0.15) is 5.82 Å². The van der Waals surface area contributed by atoms with E-state index in [-0.39, 0.29) is 27.3 Å². The normalized spacial score (nSPS) is 24.8. The second-order valence-corrected chi connectivity index (χ2v) is 8.98. The third-order valence-electron chi connectivity index (χ3n) is 4.32. The number of halogens is 1. The minimum Gasteiger partial charge on any atom is -0.287 e. The Balaban J connectivity index is 1.93. The van der Waals surface area contributed by atoms with Gasteiger partial charge in [0.05, 0.1) is 10.1 Å². The van der Waals surface area contributed by atoms with Crippen molar-refractivity contribution >= 4 is 32.9 Å². The van der Waals surface area contributed by atoms with Gasteiger partial charge in [-0.1, -0.05) is 31.0 Å². The van der Waals surface area contributed by atoms with Gasteiger partial charge in [-0.25, -0.2) is 4.39 Å². The van der Waals surface area contributed by atoms with Crippen molar-refractivity contribution < 1.29 is 17.6 Å². The highest BCUT2D eigenvalue weighted by Gasteiger charge is 2.40. The Labute approximate surface area is 145 Å². The molecule has 1 amide bonds. The van der Waals surface area contributed by atoms with Gasteiger partial charge in [0, 0.05) is 6.04 Å². The molecule has 5 nitrogen and oxygen atoms in total.